The smallest absolute Gasteiger partial charge is 0.247 e. The molecule has 34 heavy (non-hydrogen) atoms. The molecule has 2 aromatic carbocycles. The molecule has 2 heterocycles. The zero-order valence-electron chi connectivity index (χ0n) is 18.9. The summed E-state index contributed by atoms with van der Waals surface area (Å²) >= 11 is 1.59. The van der Waals surface area contributed by atoms with Gasteiger partial charge in [0, 0.05) is 24.5 Å². The minimum Gasteiger partial charge on any atom is -0.350 e. The molecule has 9 heteroatoms. The van der Waals surface area contributed by atoms with Gasteiger partial charge in [-0.1, -0.05) is 54.6 Å². The number of rotatable bonds is 8. The first-order valence-electron chi connectivity index (χ1n) is 11.0. The van der Waals surface area contributed by atoms with Crippen molar-refractivity contribution in [3.8, 4) is 0 Å². The standard InChI is InChI=1S/C25H27N3O4S2/c1-25(24(30)26-17-20-9-4-2-5-10-20)19-27(34(31,32)22-12-6-3-7-13-22)18-23(29)28(25)15-14-21-11-8-16-33-21/h2-13,16H,14-15,17-19H2,1H3,(H,26,30)/t25-/m1/s1. The first-order chi connectivity index (χ1) is 16.3. The highest BCUT2D eigenvalue weighted by Crippen LogP contribution is 2.28. The van der Waals surface area contributed by atoms with Crippen molar-refractivity contribution < 1.29 is 18.0 Å². The summed E-state index contributed by atoms with van der Waals surface area (Å²) in [5.74, 6) is -0.775. The molecule has 2 amide bonds. The Hall–Kier alpha value is -3.01. The monoisotopic (exact) mass is 497 g/mol. The lowest BCUT2D eigenvalue weighted by Gasteiger charge is -2.46. The zero-order chi connectivity index (χ0) is 24.2. The molecule has 1 aromatic heterocycles. The van der Waals surface area contributed by atoms with Crippen LogP contribution in [-0.4, -0.2) is 54.6 Å². The SMILES string of the molecule is C[C@]1(C(=O)NCc2ccccc2)CN(S(=O)(=O)c2ccccc2)CC(=O)N1CCc1cccs1. The Bertz CT molecular complexity index is 1230. The van der Waals surface area contributed by atoms with E-state index in [2.05, 4.69) is 5.32 Å². The van der Waals surface area contributed by atoms with Gasteiger partial charge in [0.1, 0.15) is 5.54 Å². The van der Waals surface area contributed by atoms with E-state index < -0.39 is 15.6 Å². The van der Waals surface area contributed by atoms with Gasteiger partial charge in [-0.3, -0.25) is 9.59 Å². The normalized spacial score (nSPS) is 19.2. The Labute approximate surface area is 204 Å². The molecule has 0 spiro atoms. The molecular formula is C25H27N3O4S2. The first-order valence-corrected chi connectivity index (χ1v) is 13.3. The molecule has 0 aliphatic carbocycles. The average Bonchev–Trinajstić information content (AvgIpc) is 3.36. The number of nitrogens with one attached hydrogen (secondary N) is 1. The Morgan fingerprint density at radius 3 is 2.35 bits per heavy atom. The molecule has 1 atom stereocenters. The molecule has 7 nitrogen and oxygen atoms in total. The van der Waals surface area contributed by atoms with Crippen molar-refractivity contribution in [2.75, 3.05) is 19.6 Å². The molecule has 0 bridgehead atoms. The summed E-state index contributed by atoms with van der Waals surface area (Å²) in [5, 5.41) is 4.88. The second-order valence-electron chi connectivity index (χ2n) is 8.40. The molecule has 0 unspecified atom stereocenters. The van der Waals surface area contributed by atoms with E-state index in [1.54, 1.807) is 36.5 Å². The Balaban J connectivity index is 1.61. The number of piperazine rings is 1. The summed E-state index contributed by atoms with van der Waals surface area (Å²) in [4.78, 5) is 29.5. The molecular weight excluding hydrogens is 470 g/mol. The molecule has 1 saturated heterocycles. The van der Waals surface area contributed by atoms with Crippen LogP contribution in [0.2, 0.25) is 0 Å². The van der Waals surface area contributed by atoms with Crippen molar-refractivity contribution >= 4 is 33.2 Å². The van der Waals surface area contributed by atoms with Crippen LogP contribution in [0.5, 0.6) is 0 Å². The van der Waals surface area contributed by atoms with Crippen molar-refractivity contribution in [2.24, 2.45) is 0 Å². The largest absolute Gasteiger partial charge is 0.350 e. The van der Waals surface area contributed by atoms with Gasteiger partial charge in [-0.2, -0.15) is 4.31 Å². The van der Waals surface area contributed by atoms with Gasteiger partial charge in [-0.15, -0.1) is 11.3 Å². The van der Waals surface area contributed by atoms with Gasteiger partial charge in [0.25, 0.3) is 0 Å². The number of carbonyl (C=O) groups is 2. The lowest BCUT2D eigenvalue weighted by molar-refractivity contribution is -0.152. The van der Waals surface area contributed by atoms with Crippen molar-refractivity contribution in [1.29, 1.82) is 0 Å². The lowest BCUT2D eigenvalue weighted by atomic mass is 9.95. The number of nitrogens with zero attached hydrogens (tertiary/aromatic N) is 2. The maximum atomic E-state index is 13.5. The number of amides is 2. The number of benzene rings is 2. The van der Waals surface area contributed by atoms with E-state index in [-0.39, 0.29) is 36.3 Å². The van der Waals surface area contributed by atoms with Crippen LogP contribution in [0, 0.1) is 0 Å². The third-order valence-corrected chi connectivity index (χ3v) is 8.76. The maximum absolute atomic E-state index is 13.5. The predicted molar refractivity (Wildman–Crippen MR) is 132 cm³/mol. The Morgan fingerprint density at radius 2 is 1.71 bits per heavy atom. The number of hydrogen-bond acceptors (Lipinski definition) is 5. The van der Waals surface area contributed by atoms with Crippen molar-refractivity contribution in [1.82, 2.24) is 14.5 Å². The van der Waals surface area contributed by atoms with E-state index in [9.17, 15) is 18.0 Å². The van der Waals surface area contributed by atoms with Crippen LogP contribution in [0.3, 0.4) is 0 Å². The van der Waals surface area contributed by atoms with E-state index in [4.69, 9.17) is 0 Å². The van der Waals surface area contributed by atoms with Crippen LogP contribution in [0.1, 0.15) is 17.4 Å². The van der Waals surface area contributed by atoms with Crippen molar-refractivity contribution in [2.45, 2.75) is 30.3 Å². The quantitative estimate of drug-likeness (QED) is 0.519. The fourth-order valence-corrected chi connectivity index (χ4v) is 6.32. The highest BCUT2D eigenvalue weighted by Gasteiger charge is 2.50. The summed E-state index contributed by atoms with van der Waals surface area (Å²) in [6.45, 7) is 1.83. The van der Waals surface area contributed by atoms with Crippen molar-refractivity contribution in [3.63, 3.8) is 0 Å². The Kier molecular flexibility index (Phi) is 7.16. The zero-order valence-corrected chi connectivity index (χ0v) is 20.5. The second-order valence-corrected chi connectivity index (χ2v) is 11.4. The molecule has 0 saturated carbocycles. The highest BCUT2D eigenvalue weighted by atomic mass is 32.2. The van der Waals surface area contributed by atoms with E-state index in [1.807, 2.05) is 47.8 Å². The van der Waals surface area contributed by atoms with E-state index in [0.29, 0.717) is 13.0 Å². The maximum Gasteiger partial charge on any atom is 0.247 e. The van der Waals surface area contributed by atoms with Crippen molar-refractivity contribution in [3.05, 3.63) is 88.6 Å². The topological polar surface area (TPSA) is 86.8 Å². The summed E-state index contributed by atoms with van der Waals surface area (Å²) in [6.07, 6.45) is 0.594. The summed E-state index contributed by atoms with van der Waals surface area (Å²) in [5.41, 5.74) is -0.441. The fraction of sp³-hybridized carbons (Fsp3) is 0.280. The van der Waals surface area contributed by atoms with Crippen LogP contribution in [-0.2, 0) is 32.6 Å². The molecule has 178 valence electrons. The number of sulfonamides is 1. The molecule has 1 aliphatic rings. The van der Waals surface area contributed by atoms with Gasteiger partial charge in [-0.05, 0) is 42.5 Å². The molecule has 1 fully saturated rings. The lowest BCUT2D eigenvalue weighted by Crippen LogP contribution is -2.69. The first kappa shape index (κ1) is 24.1. The third-order valence-electron chi connectivity index (χ3n) is 6.02. The molecule has 4 rings (SSSR count). The van der Waals surface area contributed by atoms with Gasteiger partial charge in [0.05, 0.1) is 11.4 Å². The van der Waals surface area contributed by atoms with Crippen LogP contribution >= 0.6 is 11.3 Å². The van der Waals surface area contributed by atoms with Gasteiger partial charge < -0.3 is 10.2 Å². The fourth-order valence-electron chi connectivity index (χ4n) is 4.12. The molecule has 0 radical (unpaired) electrons. The minimum absolute atomic E-state index is 0.0990. The summed E-state index contributed by atoms with van der Waals surface area (Å²) in [7, 11) is -3.94. The molecule has 1 aliphatic heterocycles. The molecule has 1 N–H and O–H groups in total. The highest BCUT2D eigenvalue weighted by molar-refractivity contribution is 7.89. The van der Waals surface area contributed by atoms with E-state index in [1.165, 1.54) is 17.0 Å². The van der Waals surface area contributed by atoms with Gasteiger partial charge in [0.15, 0.2) is 0 Å². The third kappa shape index (κ3) is 5.06. The number of thiophene rings is 1. The summed E-state index contributed by atoms with van der Waals surface area (Å²) < 4.78 is 27.7. The second kappa shape index (κ2) is 10.1. The van der Waals surface area contributed by atoms with Crippen LogP contribution in [0.25, 0.3) is 0 Å². The van der Waals surface area contributed by atoms with E-state index >= 15 is 0 Å². The average molecular weight is 498 g/mol. The van der Waals surface area contributed by atoms with Crippen LogP contribution < -0.4 is 5.32 Å². The van der Waals surface area contributed by atoms with Crippen LogP contribution in [0.15, 0.2) is 83.1 Å². The minimum atomic E-state index is -3.94. The van der Waals surface area contributed by atoms with Crippen LogP contribution in [0.4, 0.5) is 0 Å². The van der Waals surface area contributed by atoms with Gasteiger partial charge in [-0.25, -0.2) is 8.42 Å². The Morgan fingerprint density at radius 1 is 1.03 bits per heavy atom. The summed E-state index contributed by atoms with van der Waals surface area (Å²) in [6, 6.07) is 21.4. The molecule has 3 aromatic rings. The van der Waals surface area contributed by atoms with Gasteiger partial charge >= 0.3 is 0 Å². The van der Waals surface area contributed by atoms with E-state index in [0.717, 1.165) is 14.7 Å². The predicted octanol–water partition coefficient (Wildman–Crippen LogP) is 2.90. The van der Waals surface area contributed by atoms with Gasteiger partial charge in [0.2, 0.25) is 21.8 Å². The number of hydrogen-bond donors (Lipinski definition) is 1. The number of carbonyl (C=O) groups excluding carboxylic acids is 2.